The fourth-order valence-electron chi connectivity index (χ4n) is 3.91. The Labute approximate surface area is 165 Å². The Kier molecular flexibility index (Phi) is 6.78. The van der Waals surface area contributed by atoms with Crippen molar-refractivity contribution in [1.29, 1.82) is 0 Å². The Morgan fingerprint density at radius 3 is 2.89 bits per heavy atom. The number of carbonyl (C=O) groups is 2. The maximum atomic E-state index is 12.8. The number of ether oxygens (including phenoxy) is 1. The Balaban J connectivity index is 1.58. The highest BCUT2D eigenvalue weighted by Crippen LogP contribution is 2.54. The Morgan fingerprint density at radius 1 is 1.37 bits per heavy atom. The molecular formula is C20H29N3O3S. The highest BCUT2D eigenvalue weighted by Gasteiger charge is 2.56. The first-order valence-electron chi connectivity index (χ1n) is 9.55. The van der Waals surface area contributed by atoms with Crippen molar-refractivity contribution in [2.24, 2.45) is 0 Å². The summed E-state index contributed by atoms with van der Waals surface area (Å²) in [6.45, 7) is 3.05. The minimum absolute atomic E-state index is 0.0409. The first-order valence-corrected chi connectivity index (χ1v) is 10.5. The molecule has 2 fully saturated rings. The van der Waals surface area contributed by atoms with Crippen LogP contribution >= 0.6 is 11.8 Å². The van der Waals surface area contributed by atoms with Gasteiger partial charge in [-0.3, -0.25) is 9.59 Å². The third-order valence-corrected chi connectivity index (χ3v) is 6.93. The summed E-state index contributed by atoms with van der Waals surface area (Å²) in [5.41, 5.74) is 1.12. The van der Waals surface area contributed by atoms with Crippen molar-refractivity contribution in [2.45, 2.75) is 30.2 Å². The SMILES string of the molecule is COCCCN(C)CCNC(=O)[C@H]1CS[C@@]2(c3ccccc3)CCC(=O)N12. The molecule has 0 bridgehead atoms. The highest BCUT2D eigenvalue weighted by atomic mass is 32.2. The summed E-state index contributed by atoms with van der Waals surface area (Å²) < 4.78 is 5.06. The predicted octanol–water partition coefficient (Wildman–Crippen LogP) is 1.66. The van der Waals surface area contributed by atoms with Crippen LogP contribution in [0.4, 0.5) is 0 Å². The molecule has 0 saturated carbocycles. The average molecular weight is 392 g/mol. The van der Waals surface area contributed by atoms with Gasteiger partial charge in [0.2, 0.25) is 11.8 Å². The van der Waals surface area contributed by atoms with Gasteiger partial charge in [-0.25, -0.2) is 0 Å². The van der Waals surface area contributed by atoms with Crippen LogP contribution in [0.2, 0.25) is 0 Å². The second-order valence-corrected chi connectivity index (χ2v) is 8.48. The quantitative estimate of drug-likeness (QED) is 0.649. The lowest BCUT2D eigenvalue weighted by Gasteiger charge is -2.34. The summed E-state index contributed by atoms with van der Waals surface area (Å²) in [4.78, 5) is 29.0. The van der Waals surface area contributed by atoms with Crippen LogP contribution in [0, 0.1) is 0 Å². The summed E-state index contributed by atoms with van der Waals surface area (Å²) in [7, 11) is 3.74. The van der Waals surface area contributed by atoms with Gasteiger partial charge in [0.25, 0.3) is 0 Å². The van der Waals surface area contributed by atoms with E-state index >= 15 is 0 Å². The van der Waals surface area contributed by atoms with Crippen LogP contribution in [0.5, 0.6) is 0 Å². The summed E-state index contributed by atoms with van der Waals surface area (Å²) in [6.07, 6.45) is 2.25. The second kappa shape index (κ2) is 9.08. The van der Waals surface area contributed by atoms with Crippen LogP contribution in [-0.4, -0.2) is 73.8 Å². The van der Waals surface area contributed by atoms with Crippen molar-refractivity contribution in [3.8, 4) is 0 Å². The van der Waals surface area contributed by atoms with E-state index in [4.69, 9.17) is 4.74 Å². The first-order chi connectivity index (χ1) is 13.1. The lowest BCUT2D eigenvalue weighted by Crippen LogP contribution is -2.50. The van der Waals surface area contributed by atoms with Gasteiger partial charge in [0.05, 0.1) is 0 Å². The molecule has 27 heavy (non-hydrogen) atoms. The van der Waals surface area contributed by atoms with Crippen LogP contribution in [0.1, 0.15) is 24.8 Å². The normalized spacial score (nSPS) is 24.5. The Hall–Kier alpha value is -1.57. The number of benzene rings is 1. The zero-order valence-electron chi connectivity index (χ0n) is 16.1. The number of rotatable bonds is 9. The second-order valence-electron chi connectivity index (χ2n) is 7.18. The molecule has 1 aromatic carbocycles. The minimum atomic E-state index is -0.385. The molecule has 2 aliphatic heterocycles. The number of fused-ring (bicyclic) bond motifs is 1. The van der Waals surface area contributed by atoms with Crippen molar-refractivity contribution < 1.29 is 14.3 Å². The Morgan fingerprint density at radius 2 is 2.15 bits per heavy atom. The minimum Gasteiger partial charge on any atom is -0.385 e. The lowest BCUT2D eigenvalue weighted by molar-refractivity contribution is -0.138. The van der Waals surface area contributed by atoms with Crippen LogP contribution in [0.15, 0.2) is 30.3 Å². The fourth-order valence-corrected chi connectivity index (χ4v) is 5.57. The van der Waals surface area contributed by atoms with Gasteiger partial charge in [-0.15, -0.1) is 11.8 Å². The molecule has 0 aliphatic carbocycles. The van der Waals surface area contributed by atoms with Crippen molar-refractivity contribution >= 4 is 23.6 Å². The van der Waals surface area contributed by atoms with E-state index in [-0.39, 0.29) is 22.7 Å². The highest BCUT2D eigenvalue weighted by molar-refractivity contribution is 8.00. The maximum Gasteiger partial charge on any atom is 0.243 e. The summed E-state index contributed by atoms with van der Waals surface area (Å²) >= 11 is 1.73. The van der Waals surface area contributed by atoms with Gasteiger partial charge in [0.1, 0.15) is 10.9 Å². The summed E-state index contributed by atoms with van der Waals surface area (Å²) in [5, 5.41) is 3.03. The number of methoxy groups -OCH3 is 1. The molecule has 6 nitrogen and oxygen atoms in total. The van der Waals surface area contributed by atoms with Crippen LogP contribution in [-0.2, 0) is 19.2 Å². The molecule has 2 aliphatic rings. The van der Waals surface area contributed by atoms with Crippen molar-refractivity contribution in [3.63, 3.8) is 0 Å². The molecule has 148 valence electrons. The van der Waals surface area contributed by atoms with Gasteiger partial charge in [0, 0.05) is 45.5 Å². The van der Waals surface area contributed by atoms with E-state index in [0.717, 1.165) is 38.1 Å². The third-order valence-electron chi connectivity index (χ3n) is 5.34. The van der Waals surface area contributed by atoms with E-state index < -0.39 is 0 Å². The Bertz CT molecular complexity index is 657. The van der Waals surface area contributed by atoms with E-state index in [2.05, 4.69) is 22.3 Å². The van der Waals surface area contributed by atoms with Crippen LogP contribution in [0.25, 0.3) is 0 Å². The molecule has 2 saturated heterocycles. The molecule has 7 heteroatoms. The molecule has 0 aromatic heterocycles. The smallest absolute Gasteiger partial charge is 0.243 e. The molecule has 0 radical (unpaired) electrons. The monoisotopic (exact) mass is 391 g/mol. The molecule has 0 unspecified atom stereocenters. The van der Waals surface area contributed by atoms with E-state index in [0.29, 0.717) is 18.7 Å². The molecule has 2 atom stereocenters. The number of nitrogens with zero attached hydrogens (tertiary/aromatic N) is 2. The zero-order valence-corrected chi connectivity index (χ0v) is 17.0. The van der Waals surface area contributed by atoms with Gasteiger partial charge in [-0.1, -0.05) is 30.3 Å². The van der Waals surface area contributed by atoms with E-state index in [1.54, 1.807) is 18.9 Å². The molecule has 2 heterocycles. The lowest BCUT2D eigenvalue weighted by atomic mass is 10.0. The number of hydrogen-bond donors (Lipinski definition) is 1. The molecule has 0 spiro atoms. The van der Waals surface area contributed by atoms with Gasteiger partial charge >= 0.3 is 0 Å². The predicted molar refractivity (Wildman–Crippen MR) is 107 cm³/mol. The van der Waals surface area contributed by atoms with Crippen LogP contribution in [0.3, 0.4) is 0 Å². The number of carbonyl (C=O) groups excluding carboxylic acids is 2. The summed E-state index contributed by atoms with van der Waals surface area (Å²) in [6, 6.07) is 9.72. The van der Waals surface area contributed by atoms with E-state index in [1.165, 1.54) is 0 Å². The standard InChI is InChI=1S/C20H29N3O3S/c1-22(12-6-14-26-2)13-11-21-19(25)17-15-27-20(10-9-18(24)23(17)20)16-7-4-3-5-8-16/h3-5,7-8,17H,6,9-15H2,1-2H3,(H,21,25)/t17-,20-/m1/s1. The number of thioether (sulfide) groups is 1. The average Bonchev–Trinajstić information content (AvgIpc) is 3.22. The van der Waals surface area contributed by atoms with Gasteiger partial charge in [-0.2, -0.15) is 0 Å². The first kappa shape index (κ1) is 20.2. The molecule has 1 aromatic rings. The molecule has 3 rings (SSSR count). The number of amides is 2. The molecule has 1 N–H and O–H groups in total. The van der Waals surface area contributed by atoms with Gasteiger partial charge in [-0.05, 0) is 25.5 Å². The largest absolute Gasteiger partial charge is 0.385 e. The van der Waals surface area contributed by atoms with Gasteiger partial charge < -0.3 is 19.9 Å². The number of likely N-dealkylation sites (N-methyl/N-ethyl adjacent to an activating group) is 1. The van der Waals surface area contributed by atoms with Gasteiger partial charge in [0.15, 0.2) is 0 Å². The summed E-state index contributed by atoms with van der Waals surface area (Å²) in [5.74, 6) is 0.692. The van der Waals surface area contributed by atoms with Crippen molar-refractivity contribution in [2.75, 3.05) is 46.2 Å². The molecule has 2 amide bonds. The topological polar surface area (TPSA) is 61.9 Å². The fraction of sp³-hybridized carbons (Fsp3) is 0.600. The van der Waals surface area contributed by atoms with E-state index in [9.17, 15) is 9.59 Å². The maximum absolute atomic E-state index is 12.8. The van der Waals surface area contributed by atoms with Crippen LogP contribution < -0.4 is 5.32 Å². The van der Waals surface area contributed by atoms with Crippen molar-refractivity contribution in [1.82, 2.24) is 15.1 Å². The third kappa shape index (κ3) is 4.31. The zero-order chi connectivity index (χ0) is 19.3. The van der Waals surface area contributed by atoms with Crippen molar-refractivity contribution in [3.05, 3.63) is 35.9 Å². The number of nitrogens with one attached hydrogen (secondary N) is 1. The molecular weight excluding hydrogens is 362 g/mol. The van der Waals surface area contributed by atoms with E-state index in [1.807, 2.05) is 30.1 Å². The number of hydrogen-bond acceptors (Lipinski definition) is 5.